The van der Waals surface area contributed by atoms with Crippen molar-refractivity contribution < 1.29 is 4.79 Å². The molecule has 5 heteroatoms. The van der Waals surface area contributed by atoms with Crippen LogP contribution in [-0.2, 0) is 6.42 Å². The molecule has 0 bridgehead atoms. The number of carbonyl (C=O) groups excluding carboxylic acids is 1. The lowest BCUT2D eigenvalue weighted by molar-refractivity contribution is 0.0912. The van der Waals surface area contributed by atoms with Gasteiger partial charge in [0.05, 0.1) is 5.56 Å². The molecule has 0 unspecified atom stereocenters. The summed E-state index contributed by atoms with van der Waals surface area (Å²) in [5, 5.41) is 11.1. The van der Waals surface area contributed by atoms with Crippen LogP contribution < -0.4 is 5.32 Å². The molecule has 1 aliphatic rings. The summed E-state index contributed by atoms with van der Waals surface area (Å²) in [6.07, 6.45) is 1.38. The Hall–Kier alpha value is -1.81. The number of Topliss-reactive ketones (excluding diaryl/α,β-unsaturated/α-hetero) is 1. The molecule has 2 aromatic rings. The maximum Gasteiger partial charge on any atom is 0.169 e. The number of H-pyrrole nitrogens is 1. The summed E-state index contributed by atoms with van der Waals surface area (Å²) in [6.45, 7) is 6.15. The first-order valence-electron chi connectivity index (χ1n) is 6.99. The molecule has 0 radical (unpaired) electrons. The minimum Gasteiger partial charge on any atom is -0.338 e. The van der Waals surface area contributed by atoms with Crippen molar-refractivity contribution >= 4 is 28.9 Å². The number of hydrogen-bond acceptors (Lipinski definition) is 3. The zero-order valence-corrected chi connectivity index (χ0v) is 13.1. The number of nitrogens with one attached hydrogen (secondary N) is 2. The lowest BCUT2D eigenvalue weighted by atomic mass is 9.76. The van der Waals surface area contributed by atoms with Crippen molar-refractivity contribution in [2.45, 2.75) is 33.6 Å². The molecular weight excluding hydrogens is 286 g/mol. The number of fused-ring (bicyclic) bond motifs is 1. The molecule has 1 aromatic heterocycles. The maximum atomic E-state index is 12.4. The zero-order chi connectivity index (χ0) is 15.2. The number of halogens is 1. The summed E-state index contributed by atoms with van der Waals surface area (Å²) in [5.74, 6) is 0.723. The van der Waals surface area contributed by atoms with Crippen LogP contribution in [0.1, 0.15) is 41.9 Å². The molecule has 110 valence electrons. The summed E-state index contributed by atoms with van der Waals surface area (Å²) < 4.78 is 0. The van der Waals surface area contributed by atoms with Gasteiger partial charge in [0.15, 0.2) is 11.6 Å². The highest BCUT2D eigenvalue weighted by molar-refractivity contribution is 6.31. The van der Waals surface area contributed by atoms with Crippen LogP contribution in [0.15, 0.2) is 18.2 Å². The highest BCUT2D eigenvalue weighted by Crippen LogP contribution is 2.37. The number of benzene rings is 1. The van der Waals surface area contributed by atoms with Crippen LogP contribution in [0.4, 0.5) is 11.5 Å². The number of anilines is 2. The second kappa shape index (κ2) is 4.88. The summed E-state index contributed by atoms with van der Waals surface area (Å²) >= 11 is 6.13. The number of ketones is 1. The van der Waals surface area contributed by atoms with E-state index in [-0.39, 0.29) is 11.2 Å². The highest BCUT2D eigenvalue weighted by atomic mass is 35.5. The predicted molar refractivity (Wildman–Crippen MR) is 84.5 cm³/mol. The Balaban J connectivity index is 1.93. The molecule has 0 saturated heterocycles. The van der Waals surface area contributed by atoms with Crippen molar-refractivity contribution in [1.82, 2.24) is 10.2 Å². The Morgan fingerprint density at radius 1 is 1.33 bits per heavy atom. The van der Waals surface area contributed by atoms with Crippen LogP contribution in [0.2, 0.25) is 5.02 Å². The van der Waals surface area contributed by atoms with E-state index in [1.807, 2.05) is 25.1 Å². The van der Waals surface area contributed by atoms with Gasteiger partial charge < -0.3 is 5.32 Å². The molecule has 0 atom stereocenters. The molecule has 0 aliphatic heterocycles. The number of nitrogens with zero attached hydrogens (tertiary/aromatic N) is 1. The number of aryl methyl sites for hydroxylation is 1. The number of aromatic nitrogens is 2. The largest absolute Gasteiger partial charge is 0.338 e. The SMILES string of the molecule is Cc1ccc(Nc2n[nH]c3c2C(=O)CC(C)(C)C3)cc1Cl. The fraction of sp³-hybridized carbons (Fsp3) is 0.375. The Morgan fingerprint density at radius 3 is 2.81 bits per heavy atom. The van der Waals surface area contributed by atoms with E-state index in [1.54, 1.807) is 0 Å². The average Bonchev–Trinajstić information content (AvgIpc) is 2.75. The fourth-order valence-electron chi connectivity index (χ4n) is 2.77. The van der Waals surface area contributed by atoms with Crippen molar-refractivity contribution in [2.24, 2.45) is 5.41 Å². The van der Waals surface area contributed by atoms with Crippen LogP contribution in [0, 0.1) is 12.3 Å². The van der Waals surface area contributed by atoms with E-state index in [1.165, 1.54) is 0 Å². The van der Waals surface area contributed by atoms with Crippen LogP contribution >= 0.6 is 11.6 Å². The minimum atomic E-state index is -0.0128. The van der Waals surface area contributed by atoms with Crippen molar-refractivity contribution in [2.75, 3.05) is 5.32 Å². The summed E-state index contributed by atoms with van der Waals surface area (Å²) in [4.78, 5) is 12.4. The predicted octanol–water partition coefficient (Wildman–Crippen LogP) is 4.27. The number of hydrogen-bond donors (Lipinski definition) is 2. The lowest BCUT2D eigenvalue weighted by Crippen LogP contribution is -2.26. The van der Waals surface area contributed by atoms with E-state index in [0.29, 0.717) is 22.8 Å². The van der Waals surface area contributed by atoms with Crippen molar-refractivity contribution in [3.8, 4) is 0 Å². The van der Waals surface area contributed by atoms with E-state index in [2.05, 4.69) is 29.4 Å². The van der Waals surface area contributed by atoms with Crippen LogP contribution in [0.25, 0.3) is 0 Å². The van der Waals surface area contributed by atoms with Gasteiger partial charge in [0.2, 0.25) is 0 Å². The normalized spacial score (nSPS) is 16.7. The van der Waals surface area contributed by atoms with Gasteiger partial charge in [-0.2, -0.15) is 5.10 Å². The smallest absolute Gasteiger partial charge is 0.169 e. The molecule has 21 heavy (non-hydrogen) atoms. The quantitative estimate of drug-likeness (QED) is 0.871. The van der Waals surface area contributed by atoms with E-state index >= 15 is 0 Å². The van der Waals surface area contributed by atoms with Gasteiger partial charge in [-0.25, -0.2) is 0 Å². The fourth-order valence-corrected chi connectivity index (χ4v) is 2.95. The second-order valence-electron chi connectivity index (χ2n) is 6.46. The standard InChI is InChI=1S/C16H18ClN3O/c1-9-4-5-10(6-11(9)17)18-15-14-12(19-20-15)7-16(2,3)8-13(14)21/h4-6H,7-8H2,1-3H3,(H2,18,19,20). The van der Waals surface area contributed by atoms with E-state index in [4.69, 9.17) is 11.6 Å². The third kappa shape index (κ3) is 2.68. The van der Waals surface area contributed by atoms with Crippen molar-refractivity contribution in [3.63, 3.8) is 0 Å². The average molecular weight is 304 g/mol. The van der Waals surface area contributed by atoms with Gasteiger partial charge in [0, 0.05) is 22.8 Å². The van der Waals surface area contributed by atoms with Gasteiger partial charge in [-0.05, 0) is 36.5 Å². The van der Waals surface area contributed by atoms with Gasteiger partial charge >= 0.3 is 0 Å². The first-order valence-corrected chi connectivity index (χ1v) is 7.37. The van der Waals surface area contributed by atoms with Gasteiger partial charge in [0.25, 0.3) is 0 Å². The number of carbonyl (C=O) groups is 1. The zero-order valence-electron chi connectivity index (χ0n) is 12.4. The molecule has 1 aliphatic carbocycles. The Bertz CT molecular complexity index is 718. The molecule has 0 spiro atoms. The molecule has 0 fully saturated rings. The molecule has 0 saturated carbocycles. The molecule has 1 aromatic carbocycles. The van der Waals surface area contributed by atoms with E-state index in [0.717, 1.165) is 23.4 Å². The minimum absolute atomic E-state index is 0.0128. The van der Waals surface area contributed by atoms with Gasteiger partial charge in [-0.15, -0.1) is 0 Å². The summed E-state index contributed by atoms with van der Waals surface area (Å²) in [7, 11) is 0. The molecule has 1 heterocycles. The molecule has 4 nitrogen and oxygen atoms in total. The monoisotopic (exact) mass is 303 g/mol. The van der Waals surface area contributed by atoms with Crippen molar-refractivity contribution in [1.29, 1.82) is 0 Å². The van der Waals surface area contributed by atoms with Crippen LogP contribution in [0.3, 0.4) is 0 Å². The van der Waals surface area contributed by atoms with Crippen molar-refractivity contribution in [3.05, 3.63) is 40.0 Å². The van der Waals surface area contributed by atoms with Gasteiger partial charge in [0.1, 0.15) is 0 Å². The summed E-state index contributed by atoms with van der Waals surface area (Å²) in [5.41, 5.74) is 3.44. The Labute approximate surface area is 128 Å². The highest BCUT2D eigenvalue weighted by Gasteiger charge is 2.34. The second-order valence-corrected chi connectivity index (χ2v) is 6.86. The maximum absolute atomic E-state index is 12.4. The Morgan fingerprint density at radius 2 is 2.10 bits per heavy atom. The van der Waals surface area contributed by atoms with Crippen LogP contribution in [0.5, 0.6) is 0 Å². The summed E-state index contributed by atoms with van der Waals surface area (Å²) in [6, 6.07) is 5.71. The molecule has 2 N–H and O–H groups in total. The molecular formula is C16H18ClN3O. The first kappa shape index (κ1) is 14.1. The first-order chi connectivity index (χ1) is 9.85. The van der Waals surface area contributed by atoms with Crippen LogP contribution in [-0.4, -0.2) is 16.0 Å². The lowest BCUT2D eigenvalue weighted by Gasteiger charge is -2.27. The topological polar surface area (TPSA) is 57.8 Å². The molecule has 3 rings (SSSR count). The third-order valence-corrected chi connectivity index (χ3v) is 4.26. The van der Waals surface area contributed by atoms with E-state index in [9.17, 15) is 4.79 Å². The number of aromatic amines is 1. The van der Waals surface area contributed by atoms with E-state index < -0.39 is 0 Å². The molecule has 0 amide bonds. The van der Waals surface area contributed by atoms with Gasteiger partial charge in [-0.1, -0.05) is 31.5 Å². The third-order valence-electron chi connectivity index (χ3n) is 3.85. The Kier molecular flexibility index (Phi) is 3.29. The van der Waals surface area contributed by atoms with Gasteiger partial charge in [-0.3, -0.25) is 9.89 Å². The number of rotatable bonds is 2.